The summed E-state index contributed by atoms with van der Waals surface area (Å²) in [6.07, 6.45) is 6.91. The molecule has 0 atom stereocenters. The molecule has 0 aliphatic carbocycles. The zero-order valence-corrected chi connectivity index (χ0v) is 9.52. The number of hydrogen-bond acceptors (Lipinski definition) is 5. The molecule has 2 aromatic heterocycles. The van der Waals surface area contributed by atoms with Gasteiger partial charge in [0, 0.05) is 30.9 Å². The molecule has 5 heteroatoms. The number of hydrogen-bond donors (Lipinski definition) is 1. The molecule has 0 aliphatic heterocycles. The zero-order valence-electron chi connectivity index (χ0n) is 8.71. The van der Waals surface area contributed by atoms with Crippen molar-refractivity contribution >= 4 is 11.8 Å². The van der Waals surface area contributed by atoms with Gasteiger partial charge in [0.2, 0.25) is 0 Å². The van der Waals surface area contributed by atoms with Gasteiger partial charge in [-0.3, -0.25) is 9.97 Å². The van der Waals surface area contributed by atoms with E-state index in [1.807, 2.05) is 12.1 Å². The fraction of sp³-hybridized carbons (Fsp3) is 0.182. The van der Waals surface area contributed by atoms with Crippen molar-refractivity contribution in [1.82, 2.24) is 15.0 Å². The Morgan fingerprint density at radius 3 is 2.88 bits per heavy atom. The fourth-order valence-electron chi connectivity index (χ4n) is 1.25. The molecule has 0 amide bonds. The van der Waals surface area contributed by atoms with Crippen LogP contribution >= 0.6 is 11.8 Å². The molecule has 0 saturated carbocycles. The van der Waals surface area contributed by atoms with Crippen molar-refractivity contribution in [3.63, 3.8) is 0 Å². The van der Waals surface area contributed by atoms with Gasteiger partial charge in [0.15, 0.2) is 0 Å². The summed E-state index contributed by atoms with van der Waals surface area (Å²) < 4.78 is 0. The van der Waals surface area contributed by atoms with Gasteiger partial charge in [-0.15, -0.1) is 11.8 Å². The Labute approximate surface area is 98.3 Å². The quantitative estimate of drug-likeness (QED) is 0.811. The van der Waals surface area contributed by atoms with E-state index in [1.165, 1.54) is 5.56 Å². The Hall–Kier alpha value is -1.46. The minimum absolute atomic E-state index is 0.476. The second-order valence-electron chi connectivity index (χ2n) is 3.19. The standard InChI is InChI=1S/C11H12N4S/c12-6-10-5-9(1-2-14-10)8-16-11-7-13-3-4-15-11/h1-5,7H,6,8,12H2. The van der Waals surface area contributed by atoms with E-state index in [1.54, 1.807) is 36.5 Å². The van der Waals surface area contributed by atoms with Crippen molar-refractivity contribution in [3.05, 3.63) is 48.2 Å². The van der Waals surface area contributed by atoms with Gasteiger partial charge >= 0.3 is 0 Å². The number of aromatic nitrogens is 3. The predicted octanol–water partition coefficient (Wildman–Crippen LogP) is 1.62. The van der Waals surface area contributed by atoms with E-state index in [2.05, 4.69) is 15.0 Å². The van der Waals surface area contributed by atoms with Crippen LogP contribution in [0, 0.1) is 0 Å². The lowest BCUT2D eigenvalue weighted by molar-refractivity contribution is 0.982. The predicted molar refractivity (Wildman–Crippen MR) is 63.7 cm³/mol. The smallest absolute Gasteiger partial charge is 0.115 e. The summed E-state index contributed by atoms with van der Waals surface area (Å²) in [6.45, 7) is 0.476. The molecule has 2 aromatic rings. The molecule has 82 valence electrons. The average Bonchev–Trinajstić information content (AvgIpc) is 2.38. The molecule has 0 aliphatic rings. The molecular weight excluding hydrogens is 220 g/mol. The number of thioether (sulfide) groups is 1. The second-order valence-corrected chi connectivity index (χ2v) is 4.19. The summed E-state index contributed by atoms with van der Waals surface area (Å²) in [7, 11) is 0. The van der Waals surface area contributed by atoms with Crippen LogP contribution in [0.5, 0.6) is 0 Å². The van der Waals surface area contributed by atoms with Gasteiger partial charge in [-0.1, -0.05) is 0 Å². The summed E-state index contributed by atoms with van der Waals surface area (Å²) in [5, 5.41) is 0.925. The highest BCUT2D eigenvalue weighted by atomic mass is 32.2. The molecule has 0 saturated heterocycles. The molecule has 4 nitrogen and oxygen atoms in total. The van der Waals surface area contributed by atoms with E-state index in [0.717, 1.165) is 16.5 Å². The first-order valence-electron chi connectivity index (χ1n) is 4.91. The molecule has 16 heavy (non-hydrogen) atoms. The summed E-state index contributed by atoms with van der Waals surface area (Å²) in [6, 6.07) is 4.01. The third-order valence-corrected chi connectivity index (χ3v) is 3.00. The van der Waals surface area contributed by atoms with Crippen molar-refractivity contribution in [3.8, 4) is 0 Å². The molecule has 2 heterocycles. The van der Waals surface area contributed by atoms with Crippen LogP contribution in [0.4, 0.5) is 0 Å². The molecule has 2 rings (SSSR count). The van der Waals surface area contributed by atoms with Crippen molar-refractivity contribution in [2.24, 2.45) is 5.73 Å². The lowest BCUT2D eigenvalue weighted by atomic mass is 10.2. The van der Waals surface area contributed by atoms with Crippen molar-refractivity contribution < 1.29 is 0 Å². The Morgan fingerprint density at radius 1 is 1.19 bits per heavy atom. The van der Waals surface area contributed by atoms with Gasteiger partial charge in [-0.25, -0.2) is 4.98 Å². The van der Waals surface area contributed by atoms with Gasteiger partial charge in [-0.2, -0.15) is 0 Å². The second kappa shape index (κ2) is 5.58. The highest BCUT2D eigenvalue weighted by molar-refractivity contribution is 7.98. The van der Waals surface area contributed by atoms with Gasteiger partial charge in [-0.05, 0) is 17.7 Å². The lowest BCUT2D eigenvalue weighted by Gasteiger charge is -2.02. The highest BCUT2D eigenvalue weighted by Gasteiger charge is 1.98. The van der Waals surface area contributed by atoms with Gasteiger partial charge in [0.05, 0.1) is 11.9 Å². The van der Waals surface area contributed by atoms with E-state index < -0.39 is 0 Å². The first kappa shape index (κ1) is 11.0. The average molecular weight is 232 g/mol. The first-order valence-corrected chi connectivity index (χ1v) is 5.90. The van der Waals surface area contributed by atoms with Crippen LogP contribution < -0.4 is 5.73 Å². The summed E-state index contributed by atoms with van der Waals surface area (Å²) in [5.41, 5.74) is 7.65. The maximum atomic E-state index is 5.53. The third-order valence-electron chi connectivity index (χ3n) is 2.02. The zero-order chi connectivity index (χ0) is 11.2. The van der Waals surface area contributed by atoms with Crippen molar-refractivity contribution in [2.45, 2.75) is 17.3 Å². The molecule has 0 fully saturated rings. The molecule has 0 unspecified atom stereocenters. The van der Waals surface area contributed by atoms with Crippen LogP contribution in [0.1, 0.15) is 11.3 Å². The summed E-state index contributed by atoms with van der Waals surface area (Å²) in [5.74, 6) is 0.855. The van der Waals surface area contributed by atoms with Crippen LogP contribution in [0.3, 0.4) is 0 Å². The van der Waals surface area contributed by atoms with Crippen molar-refractivity contribution in [1.29, 1.82) is 0 Å². The number of pyridine rings is 1. The van der Waals surface area contributed by atoms with E-state index in [9.17, 15) is 0 Å². The normalized spacial score (nSPS) is 10.3. The fourth-order valence-corrected chi connectivity index (χ4v) is 2.01. The Bertz CT molecular complexity index is 447. The van der Waals surface area contributed by atoms with Crippen LogP contribution in [0.25, 0.3) is 0 Å². The molecular formula is C11H12N4S. The minimum atomic E-state index is 0.476. The van der Waals surface area contributed by atoms with E-state index in [4.69, 9.17) is 5.73 Å². The van der Waals surface area contributed by atoms with Gasteiger partial charge in [0.1, 0.15) is 5.03 Å². The van der Waals surface area contributed by atoms with E-state index in [-0.39, 0.29) is 0 Å². The largest absolute Gasteiger partial charge is 0.325 e. The Balaban J connectivity index is 1.99. The molecule has 0 spiro atoms. The first-order chi connectivity index (χ1) is 7.88. The summed E-state index contributed by atoms with van der Waals surface area (Å²) in [4.78, 5) is 12.4. The third kappa shape index (κ3) is 3.01. The van der Waals surface area contributed by atoms with Crippen LogP contribution in [-0.4, -0.2) is 15.0 Å². The number of nitrogens with two attached hydrogens (primary N) is 1. The lowest BCUT2D eigenvalue weighted by Crippen LogP contribution is -1.99. The monoisotopic (exact) mass is 232 g/mol. The Kier molecular flexibility index (Phi) is 3.85. The number of rotatable bonds is 4. The maximum absolute atomic E-state index is 5.53. The van der Waals surface area contributed by atoms with Crippen LogP contribution in [0.2, 0.25) is 0 Å². The van der Waals surface area contributed by atoms with Crippen molar-refractivity contribution in [2.75, 3.05) is 0 Å². The van der Waals surface area contributed by atoms with E-state index >= 15 is 0 Å². The number of nitrogens with zero attached hydrogens (tertiary/aromatic N) is 3. The van der Waals surface area contributed by atoms with E-state index in [0.29, 0.717) is 6.54 Å². The maximum Gasteiger partial charge on any atom is 0.115 e. The summed E-state index contributed by atoms with van der Waals surface area (Å²) >= 11 is 1.65. The Morgan fingerprint density at radius 2 is 2.12 bits per heavy atom. The molecule has 2 N–H and O–H groups in total. The van der Waals surface area contributed by atoms with Gasteiger partial charge in [0.25, 0.3) is 0 Å². The SMILES string of the molecule is NCc1cc(CSc2cnccn2)ccn1. The topological polar surface area (TPSA) is 64.7 Å². The molecule has 0 bridgehead atoms. The van der Waals surface area contributed by atoms with Crippen LogP contribution in [-0.2, 0) is 12.3 Å². The molecule has 0 aromatic carbocycles. The molecule has 0 radical (unpaired) electrons. The van der Waals surface area contributed by atoms with Crippen LogP contribution in [0.15, 0.2) is 41.9 Å². The minimum Gasteiger partial charge on any atom is -0.325 e. The highest BCUT2D eigenvalue weighted by Crippen LogP contribution is 2.19. The van der Waals surface area contributed by atoms with Gasteiger partial charge < -0.3 is 5.73 Å².